The summed E-state index contributed by atoms with van der Waals surface area (Å²) in [6.45, 7) is 5.21. The SMILES string of the molecule is C[Si](c1ccc(CC2CO2)cc1)(c1ccc(CC2CO2)cc1)c1ccc(CC2CO2)cc1. The van der Waals surface area contributed by atoms with Crippen molar-refractivity contribution in [2.24, 2.45) is 0 Å². The first-order chi connectivity index (χ1) is 15.7. The standard InChI is InChI=1S/C28H30O3Si/c1-32(26-8-2-20(3-9-26)14-23-17-29-23,27-10-4-21(5-11-27)15-24-18-30-24)28-12-6-22(7-13-28)16-25-19-31-25/h2-13,23-25H,14-19H2,1H3. The molecule has 3 atom stereocenters. The first kappa shape index (κ1) is 20.4. The Balaban J connectivity index is 1.34. The van der Waals surface area contributed by atoms with Crippen molar-refractivity contribution < 1.29 is 14.2 Å². The van der Waals surface area contributed by atoms with Crippen molar-refractivity contribution in [1.82, 2.24) is 0 Å². The molecule has 3 aromatic rings. The van der Waals surface area contributed by atoms with Crippen LogP contribution in [0.25, 0.3) is 0 Å². The monoisotopic (exact) mass is 442 g/mol. The molecule has 3 saturated heterocycles. The maximum Gasteiger partial charge on any atom is 0.145 e. The summed E-state index contributed by atoms with van der Waals surface area (Å²) in [4.78, 5) is 0. The molecule has 3 aliphatic rings. The summed E-state index contributed by atoms with van der Waals surface area (Å²) in [5.41, 5.74) is 4.10. The Morgan fingerprint density at radius 2 is 0.781 bits per heavy atom. The van der Waals surface area contributed by atoms with Gasteiger partial charge in [-0.3, -0.25) is 0 Å². The number of benzene rings is 3. The molecule has 32 heavy (non-hydrogen) atoms. The average molecular weight is 443 g/mol. The molecule has 0 bridgehead atoms. The van der Waals surface area contributed by atoms with E-state index in [9.17, 15) is 0 Å². The molecule has 0 aliphatic carbocycles. The topological polar surface area (TPSA) is 37.6 Å². The van der Waals surface area contributed by atoms with Crippen LogP contribution in [0.5, 0.6) is 0 Å². The summed E-state index contributed by atoms with van der Waals surface area (Å²) < 4.78 is 16.3. The minimum Gasteiger partial charge on any atom is -0.373 e. The van der Waals surface area contributed by atoms with Gasteiger partial charge in [-0.05, 0) is 32.3 Å². The fraction of sp³-hybridized carbons (Fsp3) is 0.357. The maximum atomic E-state index is 5.43. The van der Waals surface area contributed by atoms with Crippen molar-refractivity contribution in [3.63, 3.8) is 0 Å². The van der Waals surface area contributed by atoms with E-state index in [1.165, 1.54) is 32.3 Å². The molecule has 6 rings (SSSR count). The van der Waals surface area contributed by atoms with Gasteiger partial charge in [-0.15, -0.1) is 0 Å². The second-order valence-electron chi connectivity index (χ2n) is 9.69. The number of hydrogen-bond acceptors (Lipinski definition) is 3. The third kappa shape index (κ3) is 4.46. The Bertz CT molecular complexity index is 924. The van der Waals surface area contributed by atoms with E-state index in [-0.39, 0.29) is 0 Å². The molecule has 164 valence electrons. The van der Waals surface area contributed by atoms with Crippen LogP contribution < -0.4 is 15.6 Å². The van der Waals surface area contributed by atoms with E-state index >= 15 is 0 Å². The Labute approximate surface area is 191 Å². The summed E-state index contributed by atoms with van der Waals surface area (Å²) in [7, 11) is -2.11. The van der Waals surface area contributed by atoms with Crippen LogP contribution in [-0.2, 0) is 33.5 Å². The zero-order chi connectivity index (χ0) is 21.5. The number of rotatable bonds is 9. The molecular formula is C28H30O3Si. The summed E-state index contributed by atoms with van der Waals surface area (Å²) in [6.07, 6.45) is 4.35. The molecule has 0 amide bonds. The molecule has 0 spiro atoms. The highest BCUT2D eigenvalue weighted by atomic mass is 28.3. The first-order valence-corrected chi connectivity index (χ1v) is 14.3. The third-order valence-electron chi connectivity index (χ3n) is 7.19. The van der Waals surface area contributed by atoms with Crippen molar-refractivity contribution in [1.29, 1.82) is 0 Å². The lowest BCUT2D eigenvalue weighted by Gasteiger charge is -2.30. The summed E-state index contributed by atoms with van der Waals surface area (Å²) in [5.74, 6) is 0. The van der Waals surface area contributed by atoms with Crippen molar-refractivity contribution >= 4 is 23.6 Å². The highest BCUT2D eigenvalue weighted by molar-refractivity contribution is 7.10. The van der Waals surface area contributed by atoms with Crippen LogP contribution in [0.2, 0.25) is 6.55 Å². The predicted octanol–water partition coefficient (Wildman–Crippen LogP) is 2.61. The summed E-state index contributed by atoms with van der Waals surface area (Å²) in [6, 6.07) is 28.0. The molecule has 3 aromatic carbocycles. The fourth-order valence-corrected chi connectivity index (χ4v) is 8.27. The summed E-state index contributed by atoms with van der Waals surface area (Å²) >= 11 is 0. The van der Waals surface area contributed by atoms with Gasteiger partial charge in [0, 0.05) is 19.3 Å². The molecular weight excluding hydrogens is 412 g/mol. The van der Waals surface area contributed by atoms with Crippen molar-refractivity contribution in [2.45, 2.75) is 44.1 Å². The maximum absolute atomic E-state index is 5.43. The lowest BCUT2D eigenvalue weighted by molar-refractivity contribution is 0.407. The van der Waals surface area contributed by atoms with Crippen LogP contribution in [0.15, 0.2) is 72.8 Å². The molecule has 3 nitrogen and oxygen atoms in total. The molecule has 3 unspecified atom stereocenters. The summed E-state index contributed by atoms with van der Waals surface area (Å²) in [5, 5.41) is 4.36. The van der Waals surface area contributed by atoms with E-state index in [4.69, 9.17) is 14.2 Å². The number of epoxide rings is 3. The van der Waals surface area contributed by atoms with Gasteiger partial charge < -0.3 is 14.2 Å². The van der Waals surface area contributed by atoms with Gasteiger partial charge in [0.15, 0.2) is 0 Å². The van der Waals surface area contributed by atoms with E-state index in [2.05, 4.69) is 79.3 Å². The minimum atomic E-state index is -2.11. The van der Waals surface area contributed by atoms with E-state index in [1.54, 1.807) is 0 Å². The molecule has 0 saturated carbocycles. The normalized spacial score (nSPS) is 25.2. The molecule has 4 heteroatoms. The Morgan fingerprint density at radius 1 is 0.531 bits per heavy atom. The van der Waals surface area contributed by atoms with Crippen molar-refractivity contribution in [2.75, 3.05) is 19.8 Å². The zero-order valence-corrected chi connectivity index (χ0v) is 19.6. The molecule has 3 aliphatic heterocycles. The van der Waals surface area contributed by atoms with Gasteiger partial charge in [0.25, 0.3) is 0 Å². The van der Waals surface area contributed by atoms with Gasteiger partial charge in [0.2, 0.25) is 0 Å². The van der Waals surface area contributed by atoms with E-state index in [0.717, 1.165) is 39.1 Å². The Hall–Kier alpha value is -2.24. The van der Waals surface area contributed by atoms with Crippen LogP contribution in [-0.4, -0.2) is 46.2 Å². The van der Waals surface area contributed by atoms with Gasteiger partial charge in [0.1, 0.15) is 8.07 Å². The zero-order valence-electron chi connectivity index (χ0n) is 18.6. The highest BCUT2D eigenvalue weighted by Crippen LogP contribution is 2.19. The van der Waals surface area contributed by atoms with Crippen LogP contribution in [0.4, 0.5) is 0 Å². The molecule has 0 N–H and O–H groups in total. The smallest absolute Gasteiger partial charge is 0.145 e. The average Bonchev–Trinajstić information content (AvgIpc) is 3.66. The largest absolute Gasteiger partial charge is 0.373 e. The Morgan fingerprint density at radius 3 is 1.00 bits per heavy atom. The van der Waals surface area contributed by atoms with Crippen LogP contribution in [0.3, 0.4) is 0 Å². The van der Waals surface area contributed by atoms with Crippen LogP contribution in [0, 0.1) is 0 Å². The number of hydrogen-bond donors (Lipinski definition) is 0. The van der Waals surface area contributed by atoms with Gasteiger partial charge in [0.05, 0.1) is 38.1 Å². The predicted molar refractivity (Wildman–Crippen MR) is 130 cm³/mol. The lowest BCUT2D eigenvalue weighted by atomic mass is 10.1. The molecule has 3 heterocycles. The van der Waals surface area contributed by atoms with Crippen LogP contribution in [0.1, 0.15) is 16.7 Å². The minimum absolute atomic E-state index is 0.426. The van der Waals surface area contributed by atoms with E-state index in [0.29, 0.717) is 18.3 Å². The molecule has 0 radical (unpaired) electrons. The Kier molecular flexibility index (Phi) is 5.26. The quantitative estimate of drug-likeness (QED) is 0.290. The van der Waals surface area contributed by atoms with Gasteiger partial charge in [-0.1, -0.05) is 79.3 Å². The second kappa shape index (κ2) is 8.27. The van der Waals surface area contributed by atoms with Gasteiger partial charge >= 0.3 is 0 Å². The molecule has 3 fully saturated rings. The van der Waals surface area contributed by atoms with Gasteiger partial charge in [-0.2, -0.15) is 0 Å². The van der Waals surface area contributed by atoms with Gasteiger partial charge in [-0.25, -0.2) is 0 Å². The second-order valence-corrected chi connectivity index (χ2v) is 13.7. The first-order valence-electron chi connectivity index (χ1n) is 11.8. The third-order valence-corrected chi connectivity index (χ3v) is 11.7. The van der Waals surface area contributed by atoms with Crippen molar-refractivity contribution in [3.8, 4) is 0 Å². The lowest BCUT2D eigenvalue weighted by Crippen LogP contribution is -2.64. The van der Waals surface area contributed by atoms with Crippen LogP contribution >= 0.6 is 0 Å². The number of ether oxygens (including phenoxy) is 3. The van der Waals surface area contributed by atoms with E-state index in [1.807, 2.05) is 0 Å². The molecule has 0 aromatic heterocycles. The van der Waals surface area contributed by atoms with E-state index < -0.39 is 8.07 Å². The highest BCUT2D eigenvalue weighted by Gasteiger charge is 2.35. The fourth-order valence-electron chi connectivity index (χ4n) is 4.77. The van der Waals surface area contributed by atoms with Crippen molar-refractivity contribution in [3.05, 3.63) is 89.5 Å².